The Bertz CT molecular complexity index is 458. The minimum absolute atomic E-state index is 0.0417. The van der Waals surface area contributed by atoms with E-state index in [9.17, 15) is 4.79 Å². The molecule has 4 heteroatoms. The molecule has 82 valence electrons. The summed E-state index contributed by atoms with van der Waals surface area (Å²) in [4.78, 5) is 15.5. The van der Waals surface area contributed by atoms with Gasteiger partial charge in [-0.2, -0.15) is 5.26 Å². The maximum atomic E-state index is 11.3. The summed E-state index contributed by atoms with van der Waals surface area (Å²) in [6.07, 6.45) is 1.42. The Kier molecular flexibility index (Phi) is 4.22. The van der Waals surface area contributed by atoms with E-state index in [1.165, 1.54) is 6.08 Å². The smallest absolute Gasteiger partial charge is 0.348 e. The van der Waals surface area contributed by atoms with E-state index in [2.05, 4.69) is 4.98 Å². The van der Waals surface area contributed by atoms with Gasteiger partial charge in [0, 0.05) is 5.69 Å². The monoisotopic (exact) mass is 216 g/mol. The van der Waals surface area contributed by atoms with Crippen molar-refractivity contribution in [1.29, 1.82) is 5.26 Å². The first-order valence-corrected chi connectivity index (χ1v) is 4.90. The van der Waals surface area contributed by atoms with E-state index >= 15 is 0 Å². The zero-order valence-corrected chi connectivity index (χ0v) is 9.23. The van der Waals surface area contributed by atoms with Crippen molar-refractivity contribution in [3.05, 3.63) is 35.2 Å². The van der Waals surface area contributed by atoms with E-state index in [4.69, 9.17) is 10.00 Å². The highest BCUT2D eigenvalue weighted by Crippen LogP contribution is 2.06. The molecule has 0 N–H and O–H groups in total. The molecule has 1 heterocycles. The number of pyridine rings is 1. The molecule has 0 fully saturated rings. The molecule has 0 aliphatic heterocycles. The van der Waals surface area contributed by atoms with Gasteiger partial charge >= 0.3 is 5.97 Å². The van der Waals surface area contributed by atoms with E-state index < -0.39 is 5.97 Å². The number of nitriles is 1. The van der Waals surface area contributed by atoms with Gasteiger partial charge in [-0.15, -0.1) is 0 Å². The highest BCUT2D eigenvalue weighted by Gasteiger charge is 2.09. The molecule has 1 rings (SSSR count). The summed E-state index contributed by atoms with van der Waals surface area (Å²) in [6.45, 7) is 3.78. The maximum Gasteiger partial charge on any atom is 0.348 e. The van der Waals surface area contributed by atoms with Crippen molar-refractivity contribution < 1.29 is 9.53 Å². The summed E-state index contributed by atoms with van der Waals surface area (Å²) < 4.78 is 4.74. The first kappa shape index (κ1) is 11.9. The topological polar surface area (TPSA) is 63.0 Å². The normalized spacial score (nSPS) is 10.7. The number of ether oxygens (including phenoxy) is 1. The van der Waals surface area contributed by atoms with Crippen LogP contribution in [0, 0.1) is 18.3 Å². The second-order valence-corrected chi connectivity index (χ2v) is 3.09. The Labute approximate surface area is 94.2 Å². The van der Waals surface area contributed by atoms with Crippen LogP contribution in [0.1, 0.15) is 18.3 Å². The van der Waals surface area contributed by atoms with Crippen LogP contribution >= 0.6 is 0 Å². The molecular weight excluding hydrogens is 204 g/mol. The number of aromatic nitrogens is 1. The van der Waals surface area contributed by atoms with Gasteiger partial charge in [0.25, 0.3) is 0 Å². The van der Waals surface area contributed by atoms with Crippen molar-refractivity contribution in [3.63, 3.8) is 0 Å². The number of carbonyl (C=O) groups excluding carboxylic acids is 1. The average molecular weight is 216 g/mol. The van der Waals surface area contributed by atoms with E-state index in [0.29, 0.717) is 5.69 Å². The van der Waals surface area contributed by atoms with Crippen molar-refractivity contribution in [2.24, 2.45) is 0 Å². The first-order valence-electron chi connectivity index (χ1n) is 4.90. The van der Waals surface area contributed by atoms with Crippen molar-refractivity contribution in [3.8, 4) is 6.07 Å². The molecular formula is C12H12N2O2. The summed E-state index contributed by atoms with van der Waals surface area (Å²) in [7, 11) is 0. The summed E-state index contributed by atoms with van der Waals surface area (Å²) >= 11 is 0. The molecule has 0 saturated heterocycles. The zero-order chi connectivity index (χ0) is 12.0. The van der Waals surface area contributed by atoms with Gasteiger partial charge in [-0.3, -0.25) is 4.98 Å². The lowest BCUT2D eigenvalue weighted by Gasteiger charge is -1.99. The third kappa shape index (κ3) is 3.21. The SMILES string of the molecule is CCOC(=O)/C(C#N)=C\c1cccc(C)n1. The molecule has 0 radical (unpaired) electrons. The number of esters is 1. The standard InChI is InChI=1S/C12H12N2O2/c1-3-16-12(15)10(8-13)7-11-6-4-5-9(2)14-11/h4-7H,3H2,1-2H3/b10-7-. The fourth-order valence-electron chi connectivity index (χ4n) is 1.14. The largest absolute Gasteiger partial charge is 0.462 e. The summed E-state index contributed by atoms with van der Waals surface area (Å²) in [6, 6.07) is 7.18. The predicted molar refractivity (Wildman–Crippen MR) is 59.2 cm³/mol. The molecule has 16 heavy (non-hydrogen) atoms. The van der Waals surface area contributed by atoms with Crippen LogP contribution in [0.5, 0.6) is 0 Å². The number of hydrogen-bond donors (Lipinski definition) is 0. The molecule has 0 spiro atoms. The Morgan fingerprint density at radius 2 is 2.38 bits per heavy atom. The van der Waals surface area contributed by atoms with Crippen LogP contribution in [0.15, 0.2) is 23.8 Å². The molecule has 1 aromatic rings. The van der Waals surface area contributed by atoms with E-state index in [-0.39, 0.29) is 12.2 Å². The first-order chi connectivity index (χ1) is 7.67. The molecule has 0 aliphatic carbocycles. The Hall–Kier alpha value is -2.15. The number of hydrogen-bond acceptors (Lipinski definition) is 4. The highest BCUT2D eigenvalue weighted by atomic mass is 16.5. The number of carbonyl (C=O) groups is 1. The fourth-order valence-corrected chi connectivity index (χ4v) is 1.14. The van der Waals surface area contributed by atoms with Gasteiger partial charge in [-0.25, -0.2) is 4.79 Å². The summed E-state index contributed by atoms with van der Waals surface area (Å²) in [5.74, 6) is -0.617. The molecule has 0 aliphatic rings. The summed E-state index contributed by atoms with van der Waals surface area (Å²) in [5.41, 5.74) is 1.36. The highest BCUT2D eigenvalue weighted by molar-refractivity contribution is 5.97. The second kappa shape index (κ2) is 5.66. The quantitative estimate of drug-likeness (QED) is 0.439. The van der Waals surface area contributed by atoms with Gasteiger partial charge in [-0.05, 0) is 32.1 Å². The molecule has 0 unspecified atom stereocenters. The third-order valence-corrected chi connectivity index (χ3v) is 1.82. The minimum Gasteiger partial charge on any atom is -0.462 e. The number of nitrogens with zero attached hydrogens (tertiary/aromatic N) is 2. The second-order valence-electron chi connectivity index (χ2n) is 3.09. The molecule has 4 nitrogen and oxygen atoms in total. The molecule has 0 aromatic carbocycles. The lowest BCUT2D eigenvalue weighted by molar-refractivity contribution is -0.137. The van der Waals surface area contributed by atoms with Crippen LogP contribution in [0.4, 0.5) is 0 Å². The van der Waals surface area contributed by atoms with Crippen LogP contribution in [-0.2, 0) is 9.53 Å². The molecule has 0 amide bonds. The van der Waals surface area contributed by atoms with Gasteiger partial charge in [0.05, 0.1) is 12.3 Å². The van der Waals surface area contributed by atoms with Gasteiger partial charge in [0.2, 0.25) is 0 Å². The Morgan fingerprint density at radius 1 is 1.62 bits per heavy atom. The van der Waals surface area contributed by atoms with E-state index in [1.807, 2.05) is 19.1 Å². The Balaban J connectivity index is 2.97. The van der Waals surface area contributed by atoms with Gasteiger partial charge < -0.3 is 4.74 Å². The zero-order valence-electron chi connectivity index (χ0n) is 9.23. The number of rotatable bonds is 3. The molecule has 0 saturated carbocycles. The lowest BCUT2D eigenvalue weighted by atomic mass is 10.2. The summed E-state index contributed by atoms with van der Waals surface area (Å²) in [5, 5.41) is 8.81. The molecule has 1 aromatic heterocycles. The van der Waals surface area contributed by atoms with Crippen LogP contribution in [0.2, 0.25) is 0 Å². The van der Waals surface area contributed by atoms with Crippen LogP contribution in [0.3, 0.4) is 0 Å². The van der Waals surface area contributed by atoms with Crippen LogP contribution < -0.4 is 0 Å². The Morgan fingerprint density at radius 3 is 2.94 bits per heavy atom. The van der Waals surface area contributed by atoms with Crippen molar-refractivity contribution in [1.82, 2.24) is 4.98 Å². The van der Waals surface area contributed by atoms with Crippen molar-refractivity contribution >= 4 is 12.0 Å². The average Bonchev–Trinajstić information content (AvgIpc) is 2.26. The third-order valence-electron chi connectivity index (χ3n) is 1.82. The van der Waals surface area contributed by atoms with E-state index in [0.717, 1.165) is 5.69 Å². The molecule has 0 atom stereocenters. The fraction of sp³-hybridized carbons (Fsp3) is 0.250. The van der Waals surface area contributed by atoms with Gasteiger partial charge in [0.15, 0.2) is 0 Å². The van der Waals surface area contributed by atoms with Crippen LogP contribution in [0.25, 0.3) is 6.08 Å². The minimum atomic E-state index is -0.617. The molecule has 0 bridgehead atoms. The van der Waals surface area contributed by atoms with Crippen molar-refractivity contribution in [2.75, 3.05) is 6.61 Å². The predicted octanol–water partition coefficient (Wildman–Crippen LogP) is 1.86. The number of aryl methyl sites for hydroxylation is 1. The van der Waals surface area contributed by atoms with Crippen molar-refractivity contribution in [2.45, 2.75) is 13.8 Å². The van der Waals surface area contributed by atoms with Gasteiger partial charge in [0.1, 0.15) is 11.6 Å². The lowest BCUT2D eigenvalue weighted by Crippen LogP contribution is -2.06. The van der Waals surface area contributed by atoms with Gasteiger partial charge in [-0.1, -0.05) is 6.07 Å². The van der Waals surface area contributed by atoms with Crippen LogP contribution in [-0.4, -0.2) is 17.6 Å². The maximum absolute atomic E-state index is 11.3. The van der Waals surface area contributed by atoms with E-state index in [1.54, 1.807) is 19.1 Å².